The van der Waals surface area contributed by atoms with Gasteiger partial charge in [-0.15, -0.1) is 0 Å². The fraction of sp³-hybridized carbons (Fsp3) is 0.304. The Kier molecular flexibility index (Phi) is 6.26. The van der Waals surface area contributed by atoms with E-state index in [9.17, 15) is 13.2 Å². The Bertz CT molecular complexity index is 1230. The quantitative estimate of drug-likeness (QED) is 0.579. The van der Waals surface area contributed by atoms with Crippen molar-refractivity contribution in [2.45, 2.75) is 26.3 Å². The van der Waals surface area contributed by atoms with Gasteiger partial charge in [-0.25, -0.2) is 13.1 Å². The lowest BCUT2D eigenvalue weighted by atomic mass is 10.1. The fourth-order valence-electron chi connectivity index (χ4n) is 3.84. The smallest absolute Gasteiger partial charge is 0.263 e. The molecule has 4 rings (SSSR count). The molecule has 1 atom stereocenters. The molecule has 1 unspecified atom stereocenters. The zero-order valence-electron chi connectivity index (χ0n) is 17.8. The van der Waals surface area contributed by atoms with Crippen LogP contribution in [0.3, 0.4) is 0 Å². The number of carbonyl (C=O) groups excluding carboxylic acids is 1. The summed E-state index contributed by atoms with van der Waals surface area (Å²) in [5.74, 6) is 0.872. The SMILES string of the molecule is Cc1cccc(C)c1OCC(=O)Nc1cc(-c2ccc(Cl)cc2)nn1C1CCS(=O)(=O)C1. The van der Waals surface area contributed by atoms with E-state index in [1.807, 2.05) is 44.2 Å². The van der Waals surface area contributed by atoms with Gasteiger partial charge in [0.15, 0.2) is 16.4 Å². The molecule has 0 bridgehead atoms. The molecule has 1 fully saturated rings. The molecule has 2 aromatic carbocycles. The van der Waals surface area contributed by atoms with Crippen LogP contribution in [0.25, 0.3) is 11.3 Å². The molecule has 7 nitrogen and oxygen atoms in total. The maximum absolute atomic E-state index is 12.7. The van der Waals surface area contributed by atoms with Crippen LogP contribution in [0.4, 0.5) is 5.82 Å². The van der Waals surface area contributed by atoms with Crippen molar-refractivity contribution in [2.75, 3.05) is 23.4 Å². The Morgan fingerprint density at radius 2 is 1.88 bits per heavy atom. The largest absolute Gasteiger partial charge is 0.483 e. The molecular weight excluding hydrogens is 450 g/mol. The highest BCUT2D eigenvalue weighted by molar-refractivity contribution is 7.91. The number of carbonyl (C=O) groups is 1. The lowest BCUT2D eigenvalue weighted by Crippen LogP contribution is -2.24. The minimum atomic E-state index is -3.12. The predicted octanol–water partition coefficient (Wildman–Crippen LogP) is 4.20. The molecule has 32 heavy (non-hydrogen) atoms. The predicted molar refractivity (Wildman–Crippen MR) is 125 cm³/mol. The third-order valence-corrected chi connectivity index (χ3v) is 7.46. The topological polar surface area (TPSA) is 90.3 Å². The first-order valence-corrected chi connectivity index (χ1v) is 12.5. The molecule has 3 aromatic rings. The van der Waals surface area contributed by atoms with Crippen molar-refractivity contribution in [2.24, 2.45) is 0 Å². The van der Waals surface area contributed by atoms with Crippen LogP contribution in [0.2, 0.25) is 5.02 Å². The second-order valence-corrected chi connectivity index (χ2v) is 10.6. The summed E-state index contributed by atoms with van der Waals surface area (Å²) < 4.78 is 31.4. The number of hydrogen-bond donors (Lipinski definition) is 1. The van der Waals surface area contributed by atoms with Crippen molar-refractivity contribution in [1.29, 1.82) is 0 Å². The van der Waals surface area contributed by atoms with E-state index >= 15 is 0 Å². The Labute approximate surface area is 192 Å². The van der Waals surface area contributed by atoms with Crippen LogP contribution < -0.4 is 10.1 Å². The van der Waals surface area contributed by atoms with Crippen molar-refractivity contribution in [3.63, 3.8) is 0 Å². The van der Waals surface area contributed by atoms with Gasteiger partial charge in [-0.3, -0.25) is 4.79 Å². The normalized spacial score (nSPS) is 17.3. The number of para-hydroxylation sites is 1. The van der Waals surface area contributed by atoms with Crippen LogP contribution in [0.5, 0.6) is 5.75 Å². The number of anilines is 1. The lowest BCUT2D eigenvalue weighted by molar-refractivity contribution is -0.118. The number of benzene rings is 2. The third-order valence-electron chi connectivity index (χ3n) is 5.45. The van der Waals surface area contributed by atoms with Crippen LogP contribution >= 0.6 is 11.6 Å². The molecule has 1 aliphatic rings. The molecule has 0 aliphatic carbocycles. The second kappa shape index (κ2) is 8.96. The Morgan fingerprint density at radius 1 is 1.19 bits per heavy atom. The first-order chi connectivity index (χ1) is 15.2. The molecule has 0 spiro atoms. The Morgan fingerprint density at radius 3 is 2.50 bits per heavy atom. The number of aromatic nitrogens is 2. The van der Waals surface area contributed by atoms with Gasteiger partial charge in [0.05, 0.1) is 23.2 Å². The van der Waals surface area contributed by atoms with Gasteiger partial charge < -0.3 is 10.1 Å². The molecule has 9 heteroatoms. The number of amides is 1. The number of ether oxygens (including phenoxy) is 1. The van der Waals surface area contributed by atoms with Crippen molar-refractivity contribution in [1.82, 2.24) is 9.78 Å². The standard InChI is InChI=1S/C23H24ClN3O4S/c1-15-4-3-5-16(2)23(15)31-13-22(28)25-21-12-20(17-6-8-18(24)9-7-17)26-27(21)19-10-11-32(29,30)14-19/h3-9,12,19H,10-11,13-14H2,1-2H3,(H,25,28). The summed E-state index contributed by atoms with van der Waals surface area (Å²) in [5.41, 5.74) is 3.33. The molecule has 0 radical (unpaired) electrons. The average molecular weight is 474 g/mol. The summed E-state index contributed by atoms with van der Waals surface area (Å²) in [6.07, 6.45) is 0.450. The first-order valence-electron chi connectivity index (χ1n) is 10.3. The minimum absolute atomic E-state index is 0.00346. The van der Waals surface area contributed by atoms with E-state index in [2.05, 4.69) is 10.4 Å². The Hall–Kier alpha value is -2.84. The van der Waals surface area contributed by atoms with Gasteiger partial charge in [0, 0.05) is 16.7 Å². The van der Waals surface area contributed by atoms with Gasteiger partial charge in [-0.05, 0) is 43.5 Å². The number of sulfone groups is 1. The molecular formula is C23H24ClN3O4S. The van der Waals surface area contributed by atoms with Gasteiger partial charge in [0.1, 0.15) is 11.6 Å². The van der Waals surface area contributed by atoms with Gasteiger partial charge >= 0.3 is 0 Å². The molecule has 1 aliphatic heterocycles. The summed E-state index contributed by atoms with van der Waals surface area (Å²) in [4.78, 5) is 12.7. The van der Waals surface area contributed by atoms with Gasteiger partial charge in [0.2, 0.25) is 0 Å². The van der Waals surface area contributed by atoms with Crippen molar-refractivity contribution >= 4 is 33.2 Å². The Balaban J connectivity index is 1.57. The van der Waals surface area contributed by atoms with Crippen LogP contribution in [-0.4, -0.2) is 42.2 Å². The highest BCUT2D eigenvalue weighted by atomic mass is 35.5. The molecule has 0 saturated carbocycles. The zero-order chi connectivity index (χ0) is 22.9. The number of halogens is 1. The summed E-state index contributed by atoms with van der Waals surface area (Å²) in [5, 5.41) is 8.06. The summed E-state index contributed by atoms with van der Waals surface area (Å²) in [6, 6.07) is 14.4. The van der Waals surface area contributed by atoms with Crippen molar-refractivity contribution < 1.29 is 17.9 Å². The highest BCUT2D eigenvalue weighted by Gasteiger charge is 2.31. The maximum Gasteiger partial charge on any atom is 0.263 e. The molecule has 1 saturated heterocycles. The van der Waals surface area contributed by atoms with Crippen LogP contribution in [0.15, 0.2) is 48.5 Å². The van der Waals surface area contributed by atoms with E-state index in [1.54, 1.807) is 22.9 Å². The molecule has 1 amide bonds. The van der Waals surface area contributed by atoms with Crippen LogP contribution in [0, 0.1) is 13.8 Å². The molecule has 168 valence electrons. The number of hydrogen-bond acceptors (Lipinski definition) is 5. The second-order valence-electron chi connectivity index (χ2n) is 7.98. The lowest BCUT2D eigenvalue weighted by Gasteiger charge is -2.15. The third kappa shape index (κ3) is 4.97. The van der Waals surface area contributed by atoms with E-state index < -0.39 is 9.84 Å². The molecule has 1 aromatic heterocycles. The summed E-state index contributed by atoms with van der Waals surface area (Å²) >= 11 is 5.98. The fourth-order valence-corrected chi connectivity index (χ4v) is 5.66. The average Bonchev–Trinajstić information content (AvgIpc) is 3.31. The minimum Gasteiger partial charge on any atom is -0.483 e. The van der Waals surface area contributed by atoms with Crippen molar-refractivity contribution in [3.8, 4) is 17.0 Å². The van der Waals surface area contributed by atoms with E-state index in [1.165, 1.54) is 0 Å². The van der Waals surface area contributed by atoms with Crippen LogP contribution in [0.1, 0.15) is 23.6 Å². The van der Waals surface area contributed by atoms with Gasteiger partial charge in [-0.1, -0.05) is 41.9 Å². The van der Waals surface area contributed by atoms with E-state index in [-0.39, 0.29) is 30.1 Å². The first kappa shape index (κ1) is 22.4. The number of rotatable bonds is 6. The monoisotopic (exact) mass is 473 g/mol. The highest BCUT2D eigenvalue weighted by Crippen LogP contribution is 2.31. The van der Waals surface area contributed by atoms with E-state index in [0.29, 0.717) is 28.7 Å². The number of aryl methyl sites for hydroxylation is 2. The zero-order valence-corrected chi connectivity index (χ0v) is 19.4. The van der Waals surface area contributed by atoms with Gasteiger partial charge in [-0.2, -0.15) is 5.10 Å². The maximum atomic E-state index is 12.7. The molecule has 1 N–H and O–H groups in total. The number of nitrogens with one attached hydrogen (secondary N) is 1. The van der Waals surface area contributed by atoms with E-state index in [0.717, 1.165) is 16.7 Å². The summed E-state index contributed by atoms with van der Waals surface area (Å²) in [6.45, 7) is 3.68. The number of nitrogens with zero attached hydrogens (tertiary/aromatic N) is 2. The summed E-state index contributed by atoms with van der Waals surface area (Å²) in [7, 11) is -3.12. The van der Waals surface area contributed by atoms with Crippen molar-refractivity contribution in [3.05, 3.63) is 64.7 Å². The van der Waals surface area contributed by atoms with E-state index in [4.69, 9.17) is 16.3 Å². The van der Waals surface area contributed by atoms with Crippen LogP contribution in [-0.2, 0) is 14.6 Å². The van der Waals surface area contributed by atoms with Gasteiger partial charge in [0.25, 0.3) is 5.91 Å². The molecule has 2 heterocycles.